The van der Waals surface area contributed by atoms with Crippen LogP contribution < -0.4 is 10.1 Å². The van der Waals surface area contributed by atoms with Gasteiger partial charge in [-0.2, -0.15) is 9.97 Å². The molecule has 6 nitrogen and oxygen atoms in total. The van der Waals surface area contributed by atoms with Gasteiger partial charge in [-0.3, -0.25) is 0 Å². The van der Waals surface area contributed by atoms with Crippen LogP contribution in [0.15, 0.2) is 6.33 Å². The summed E-state index contributed by atoms with van der Waals surface area (Å²) >= 11 is 0. The number of aromatic amines is 1. The number of nitrogens with zero attached hydrogens (tertiary/aromatic N) is 3. The molecule has 1 aliphatic carbocycles. The van der Waals surface area contributed by atoms with E-state index in [0.717, 1.165) is 17.9 Å². The van der Waals surface area contributed by atoms with Crippen molar-refractivity contribution >= 4 is 17.1 Å². The van der Waals surface area contributed by atoms with Crippen molar-refractivity contribution in [3.05, 3.63) is 6.33 Å². The highest BCUT2D eigenvalue weighted by atomic mass is 16.5. The van der Waals surface area contributed by atoms with Crippen LogP contribution in [0.2, 0.25) is 0 Å². The van der Waals surface area contributed by atoms with Crippen LogP contribution in [0.25, 0.3) is 11.2 Å². The molecular weight excluding hydrogens is 218 g/mol. The molecule has 0 atom stereocenters. The first kappa shape index (κ1) is 10.3. The molecule has 0 aromatic carbocycles. The van der Waals surface area contributed by atoms with Gasteiger partial charge in [0.15, 0.2) is 5.65 Å². The number of hydrogen-bond acceptors (Lipinski definition) is 5. The number of H-pyrrole nitrogens is 1. The Labute approximate surface area is 98.8 Å². The van der Waals surface area contributed by atoms with Crippen molar-refractivity contribution in [2.75, 3.05) is 19.0 Å². The van der Waals surface area contributed by atoms with E-state index in [1.807, 2.05) is 0 Å². The number of rotatable bonds is 5. The zero-order valence-corrected chi connectivity index (χ0v) is 9.73. The first-order valence-corrected chi connectivity index (χ1v) is 5.88. The summed E-state index contributed by atoms with van der Waals surface area (Å²) in [6.45, 7) is 0.707. The predicted octanol–water partition coefficient (Wildman–Crippen LogP) is 1.57. The Balaban J connectivity index is 1.81. The quantitative estimate of drug-likeness (QED) is 0.819. The van der Waals surface area contributed by atoms with Crippen LogP contribution in [0.3, 0.4) is 0 Å². The van der Waals surface area contributed by atoms with E-state index >= 15 is 0 Å². The first-order chi connectivity index (χ1) is 8.36. The van der Waals surface area contributed by atoms with Crippen molar-refractivity contribution in [3.8, 4) is 5.88 Å². The summed E-state index contributed by atoms with van der Waals surface area (Å²) < 4.78 is 5.71. The van der Waals surface area contributed by atoms with E-state index in [0.29, 0.717) is 24.1 Å². The molecule has 0 bridgehead atoms. The Bertz CT molecular complexity index is 520. The SMILES string of the molecule is CNc1nc(OCCC2CC2)c2[nH]cnc2n1. The van der Waals surface area contributed by atoms with Crippen molar-refractivity contribution in [3.63, 3.8) is 0 Å². The van der Waals surface area contributed by atoms with E-state index in [1.165, 1.54) is 12.8 Å². The van der Waals surface area contributed by atoms with Gasteiger partial charge in [0.05, 0.1) is 12.9 Å². The lowest BCUT2D eigenvalue weighted by atomic mass is 10.3. The van der Waals surface area contributed by atoms with Gasteiger partial charge in [-0.05, 0) is 12.3 Å². The van der Waals surface area contributed by atoms with Gasteiger partial charge < -0.3 is 15.0 Å². The third-order valence-electron chi connectivity index (χ3n) is 2.94. The molecule has 2 aromatic rings. The fourth-order valence-corrected chi connectivity index (χ4v) is 1.75. The third-order valence-corrected chi connectivity index (χ3v) is 2.94. The summed E-state index contributed by atoms with van der Waals surface area (Å²) in [7, 11) is 1.78. The molecule has 0 aliphatic heterocycles. The van der Waals surface area contributed by atoms with Gasteiger partial charge in [0.1, 0.15) is 5.52 Å². The number of nitrogens with one attached hydrogen (secondary N) is 2. The number of fused-ring (bicyclic) bond motifs is 1. The number of hydrogen-bond donors (Lipinski definition) is 2. The molecule has 3 rings (SSSR count). The Morgan fingerprint density at radius 3 is 3.12 bits per heavy atom. The summed E-state index contributed by atoms with van der Waals surface area (Å²) in [5.74, 6) is 1.97. The predicted molar refractivity (Wildman–Crippen MR) is 64.1 cm³/mol. The minimum Gasteiger partial charge on any atom is -0.476 e. The Hall–Kier alpha value is -1.85. The molecule has 0 unspecified atom stereocenters. The lowest BCUT2D eigenvalue weighted by Gasteiger charge is -2.06. The number of anilines is 1. The maximum absolute atomic E-state index is 5.71. The molecule has 2 heterocycles. The molecule has 1 aliphatic rings. The van der Waals surface area contributed by atoms with Crippen LogP contribution in [0.4, 0.5) is 5.95 Å². The number of imidazole rings is 1. The molecule has 1 fully saturated rings. The topological polar surface area (TPSA) is 75.7 Å². The van der Waals surface area contributed by atoms with Gasteiger partial charge in [-0.25, -0.2) is 4.98 Å². The summed E-state index contributed by atoms with van der Waals surface area (Å²) in [4.78, 5) is 15.6. The molecule has 2 N–H and O–H groups in total. The van der Waals surface area contributed by atoms with Gasteiger partial charge in [-0.1, -0.05) is 12.8 Å². The highest BCUT2D eigenvalue weighted by molar-refractivity contribution is 5.76. The van der Waals surface area contributed by atoms with E-state index in [9.17, 15) is 0 Å². The molecule has 1 saturated carbocycles. The van der Waals surface area contributed by atoms with Crippen LogP contribution in [-0.2, 0) is 0 Å². The van der Waals surface area contributed by atoms with Crippen LogP contribution in [0, 0.1) is 5.92 Å². The zero-order chi connectivity index (χ0) is 11.7. The smallest absolute Gasteiger partial charge is 0.245 e. The highest BCUT2D eigenvalue weighted by Gasteiger charge is 2.21. The number of aromatic nitrogens is 4. The standard InChI is InChI=1S/C11H15N5O/c1-12-11-15-9-8(13-6-14-9)10(16-11)17-5-4-7-2-3-7/h6-7H,2-5H2,1H3,(H2,12,13,14,15,16). The summed E-state index contributed by atoms with van der Waals surface area (Å²) in [5, 5.41) is 2.90. The van der Waals surface area contributed by atoms with Crippen molar-refractivity contribution in [1.82, 2.24) is 19.9 Å². The van der Waals surface area contributed by atoms with Crippen molar-refractivity contribution < 1.29 is 4.74 Å². The molecule has 90 valence electrons. The van der Waals surface area contributed by atoms with Gasteiger partial charge in [0.2, 0.25) is 11.8 Å². The molecule has 0 amide bonds. The number of ether oxygens (including phenoxy) is 1. The lowest BCUT2D eigenvalue weighted by molar-refractivity contribution is 0.294. The largest absolute Gasteiger partial charge is 0.476 e. The fourth-order valence-electron chi connectivity index (χ4n) is 1.75. The molecule has 6 heteroatoms. The second-order valence-electron chi connectivity index (χ2n) is 4.28. The Morgan fingerprint density at radius 1 is 1.47 bits per heavy atom. The normalized spacial score (nSPS) is 15.1. The van der Waals surface area contributed by atoms with Crippen molar-refractivity contribution in [2.45, 2.75) is 19.3 Å². The van der Waals surface area contributed by atoms with E-state index in [4.69, 9.17) is 4.74 Å². The lowest BCUT2D eigenvalue weighted by Crippen LogP contribution is -2.04. The van der Waals surface area contributed by atoms with Gasteiger partial charge in [0, 0.05) is 7.05 Å². The van der Waals surface area contributed by atoms with Crippen molar-refractivity contribution in [2.24, 2.45) is 5.92 Å². The molecule has 0 spiro atoms. The monoisotopic (exact) mass is 233 g/mol. The average molecular weight is 233 g/mol. The van der Waals surface area contributed by atoms with Gasteiger partial charge in [-0.15, -0.1) is 0 Å². The summed E-state index contributed by atoms with van der Waals surface area (Å²) in [6, 6.07) is 0. The minimum atomic E-state index is 0.533. The highest BCUT2D eigenvalue weighted by Crippen LogP contribution is 2.32. The summed E-state index contributed by atoms with van der Waals surface area (Å²) in [6.07, 6.45) is 5.39. The van der Waals surface area contributed by atoms with E-state index < -0.39 is 0 Å². The Kier molecular flexibility index (Phi) is 2.55. The zero-order valence-electron chi connectivity index (χ0n) is 9.73. The fraction of sp³-hybridized carbons (Fsp3) is 0.545. The van der Waals surface area contributed by atoms with E-state index in [1.54, 1.807) is 13.4 Å². The Morgan fingerprint density at radius 2 is 2.35 bits per heavy atom. The van der Waals surface area contributed by atoms with Gasteiger partial charge >= 0.3 is 0 Å². The van der Waals surface area contributed by atoms with Crippen LogP contribution in [-0.4, -0.2) is 33.6 Å². The second-order valence-corrected chi connectivity index (χ2v) is 4.28. The van der Waals surface area contributed by atoms with Gasteiger partial charge in [0.25, 0.3) is 0 Å². The maximum Gasteiger partial charge on any atom is 0.245 e. The molecule has 0 saturated heterocycles. The van der Waals surface area contributed by atoms with E-state index in [-0.39, 0.29) is 0 Å². The molecular formula is C11H15N5O. The first-order valence-electron chi connectivity index (χ1n) is 5.88. The van der Waals surface area contributed by atoms with Crippen LogP contribution in [0.1, 0.15) is 19.3 Å². The third kappa shape index (κ3) is 2.15. The average Bonchev–Trinajstić information content (AvgIpc) is 3.04. The van der Waals surface area contributed by atoms with E-state index in [2.05, 4.69) is 25.3 Å². The summed E-state index contributed by atoms with van der Waals surface area (Å²) in [5.41, 5.74) is 1.39. The molecule has 0 radical (unpaired) electrons. The van der Waals surface area contributed by atoms with Crippen LogP contribution in [0.5, 0.6) is 5.88 Å². The molecule has 17 heavy (non-hydrogen) atoms. The maximum atomic E-state index is 5.71. The minimum absolute atomic E-state index is 0.533. The second kappa shape index (κ2) is 4.20. The molecule has 2 aromatic heterocycles. The van der Waals surface area contributed by atoms with Crippen molar-refractivity contribution in [1.29, 1.82) is 0 Å². The van der Waals surface area contributed by atoms with Crippen LogP contribution >= 0.6 is 0 Å².